The van der Waals surface area contributed by atoms with Crippen LogP contribution >= 0.6 is 15.9 Å². The van der Waals surface area contributed by atoms with Gasteiger partial charge in [0.15, 0.2) is 6.04 Å². The van der Waals surface area contributed by atoms with Crippen molar-refractivity contribution >= 4 is 27.6 Å². The first-order chi connectivity index (χ1) is 10.1. The maximum atomic E-state index is 12.0. The molecular weight excluding hydrogens is 334 g/mol. The number of halogens is 1. The van der Waals surface area contributed by atoms with Crippen LogP contribution in [0.4, 0.5) is 5.69 Å². The van der Waals surface area contributed by atoms with Crippen molar-refractivity contribution in [3.63, 3.8) is 0 Å². The summed E-state index contributed by atoms with van der Waals surface area (Å²) in [5, 5.41) is 3.17. The summed E-state index contributed by atoms with van der Waals surface area (Å²) in [5.41, 5.74) is 1.61. The summed E-state index contributed by atoms with van der Waals surface area (Å²) in [4.78, 5) is 12.0. The summed E-state index contributed by atoms with van der Waals surface area (Å²) >= 11 is 3.38. The van der Waals surface area contributed by atoms with Gasteiger partial charge in [-0.1, -0.05) is 28.1 Å². The van der Waals surface area contributed by atoms with Gasteiger partial charge < -0.3 is 14.8 Å². The van der Waals surface area contributed by atoms with Crippen LogP contribution in [0.5, 0.6) is 5.75 Å². The first-order valence-corrected chi connectivity index (χ1v) is 7.17. The first-order valence-electron chi connectivity index (χ1n) is 6.38. The molecule has 0 heterocycles. The molecule has 0 radical (unpaired) electrons. The highest BCUT2D eigenvalue weighted by Gasteiger charge is 2.21. The van der Waals surface area contributed by atoms with Gasteiger partial charge in [-0.3, -0.25) is 0 Å². The standard InChI is InChI=1S/C16H16BrNO3/c1-20-14-5-3-4-11(10-14)15(16(19)21-2)18-13-8-6-12(17)7-9-13/h3-10,15,18H,1-2H3. The number of anilines is 1. The number of benzene rings is 2. The first kappa shape index (κ1) is 15.4. The van der Waals surface area contributed by atoms with Gasteiger partial charge in [0.05, 0.1) is 14.2 Å². The smallest absolute Gasteiger partial charge is 0.332 e. The number of rotatable bonds is 5. The highest BCUT2D eigenvalue weighted by molar-refractivity contribution is 9.10. The summed E-state index contributed by atoms with van der Waals surface area (Å²) in [7, 11) is 2.97. The Labute approximate surface area is 132 Å². The number of hydrogen-bond acceptors (Lipinski definition) is 4. The molecule has 1 unspecified atom stereocenters. The number of hydrogen-bond donors (Lipinski definition) is 1. The fraction of sp³-hybridized carbons (Fsp3) is 0.188. The summed E-state index contributed by atoms with van der Waals surface area (Å²) in [6, 6.07) is 14.3. The summed E-state index contributed by atoms with van der Waals surface area (Å²) in [6.45, 7) is 0. The van der Waals surface area contributed by atoms with E-state index in [0.717, 1.165) is 15.7 Å². The van der Waals surface area contributed by atoms with Gasteiger partial charge in [0.1, 0.15) is 5.75 Å². The number of carbonyl (C=O) groups excluding carboxylic acids is 1. The van der Waals surface area contributed by atoms with E-state index < -0.39 is 6.04 Å². The highest BCUT2D eigenvalue weighted by atomic mass is 79.9. The molecule has 1 atom stereocenters. The number of methoxy groups -OCH3 is 2. The van der Waals surface area contributed by atoms with Gasteiger partial charge in [-0.2, -0.15) is 0 Å². The van der Waals surface area contributed by atoms with Crippen LogP contribution in [-0.2, 0) is 9.53 Å². The van der Waals surface area contributed by atoms with E-state index in [1.165, 1.54) is 7.11 Å². The zero-order chi connectivity index (χ0) is 15.2. The molecule has 1 N–H and O–H groups in total. The molecule has 0 amide bonds. The third-order valence-corrected chi connectivity index (χ3v) is 3.55. The number of esters is 1. The van der Waals surface area contributed by atoms with Gasteiger partial charge in [-0.25, -0.2) is 4.79 Å². The molecule has 0 fully saturated rings. The Morgan fingerprint density at radius 2 is 1.86 bits per heavy atom. The van der Waals surface area contributed by atoms with E-state index >= 15 is 0 Å². The Morgan fingerprint density at radius 1 is 1.14 bits per heavy atom. The molecular formula is C16H16BrNO3. The molecule has 0 saturated carbocycles. The van der Waals surface area contributed by atoms with Crippen LogP contribution in [0.2, 0.25) is 0 Å². The predicted molar refractivity (Wildman–Crippen MR) is 85.5 cm³/mol. The fourth-order valence-electron chi connectivity index (χ4n) is 1.93. The number of ether oxygens (including phenoxy) is 2. The average Bonchev–Trinajstić information content (AvgIpc) is 2.53. The van der Waals surface area contributed by atoms with Crippen molar-refractivity contribution in [2.75, 3.05) is 19.5 Å². The minimum atomic E-state index is -0.591. The molecule has 2 aromatic rings. The molecule has 4 nitrogen and oxygen atoms in total. The van der Waals surface area contributed by atoms with Crippen LogP contribution in [0.15, 0.2) is 53.0 Å². The molecule has 0 aromatic heterocycles. The Hall–Kier alpha value is -2.01. The Morgan fingerprint density at radius 3 is 2.48 bits per heavy atom. The third-order valence-electron chi connectivity index (χ3n) is 3.02. The highest BCUT2D eigenvalue weighted by Crippen LogP contribution is 2.25. The van der Waals surface area contributed by atoms with Crippen molar-refractivity contribution < 1.29 is 14.3 Å². The van der Waals surface area contributed by atoms with E-state index in [-0.39, 0.29) is 5.97 Å². The lowest BCUT2D eigenvalue weighted by molar-refractivity contribution is -0.141. The number of carbonyl (C=O) groups is 1. The molecule has 0 aliphatic heterocycles. The minimum absolute atomic E-state index is 0.355. The zero-order valence-corrected chi connectivity index (χ0v) is 13.4. The van der Waals surface area contributed by atoms with Crippen LogP contribution in [0.3, 0.4) is 0 Å². The van der Waals surface area contributed by atoms with Gasteiger partial charge in [0, 0.05) is 10.2 Å². The maximum absolute atomic E-state index is 12.0. The van der Waals surface area contributed by atoms with Crippen molar-refractivity contribution in [2.24, 2.45) is 0 Å². The summed E-state index contributed by atoms with van der Waals surface area (Å²) in [6.07, 6.45) is 0. The predicted octanol–water partition coefficient (Wildman–Crippen LogP) is 3.78. The van der Waals surface area contributed by atoms with Crippen molar-refractivity contribution in [3.8, 4) is 5.75 Å². The third kappa shape index (κ3) is 3.98. The van der Waals surface area contributed by atoms with Gasteiger partial charge in [-0.15, -0.1) is 0 Å². The fourth-order valence-corrected chi connectivity index (χ4v) is 2.19. The van der Waals surface area contributed by atoms with E-state index in [2.05, 4.69) is 21.2 Å². The van der Waals surface area contributed by atoms with Crippen molar-refractivity contribution in [3.05, 3.63) is 58.6 Å². The molecule has 2 rings (SSSR count). The molecule has 0 saturated heterocycles. The van der Waals surface area contributed by atoms with E-state index in [1.807, 2.05) is 48.5 Å². The van der Waals surface area contributed by atoms with Crippen LogP contribution < -0.4 is 10.1 Å². The average molecular weight is 350 g/mol. The normalized spacial score (nSPS) is 11.6. The van der Waals surface area contributed by atoms with Crippen LogP contribution in [-0.4, -0.2) is 20.2 Å². The van der Waals surface area contributed by atoms with Crippen LogP contribution in [0, 0.1) is 0 Å². The molecule has 0 aliphatic carbocycles. The van der Waals surface area contributed by atoms with Crippen molar-refractivity contribution in [1.29, 1.82) is 0 Å². The lowest BCUT2D eigenvalue weighted by atomic mass is 10.1. The van der Waals surface area contributed by atoms with Gasteiger partial charge >= 0.3 is 5.97 Å². The SMILES string of the molecule is COC(=O)C(Nc1ccc(Br)cc1)c1cccc(OC)c1. The largest absolute Gasteiger partial charge is 0.497 e. The molecule has 110 valence electrons. The van der Waals surface area contributed by atoms with E-state index in [4.69, 9.17) is 9.47 Å². The topological polar surface area (TPSA) is 47.6 Å². The molecule has 0 spiro atoms. The zero-order valence-electron chi connectivity index (χ0n) is 11.8. The van der Waals surface area contributed by atoms with E-state index in [1.54, 1.807) is 7.11 Å². The quantitative estimate of drug-likeness (QED) is 0.834. The summed E-state index contributed by atoms with van der Waals surface area (Å²) < 4.78 is 11.1. The molecule has 0 aliphatic rings. The molecule has 21 heavy (non-hydrogen) atoms. The Balaban J connectivity index is 2.29. The Kier molecular flexibility index (Phi) is 5.22. The van der Waals surface area contributed by atoms with Crippen molar-refractivity contribution in [1.82, 2.24) is 0 Å². The van der Waals surface area contributed by atoms with E-state index in [0.29, 0.717) is 5.75 Å². The van der Waals surface area contributed by atoms with Crippen molar-refractivity contribution in [2.45, 2.75) is 6.04 Å². The lowest BCUT2D eigenvalue weighted by Gasteiger charge is -2.18. The van der Waals surface area contributed by atoms with Gasteiger partial charge in [-0.05, 0) is 42.0 Å². The summed E-state index contributed by atoms with van der Waals surface area (Å²) in [5.74, 6) is 0.338. The Bertz CT molecular complexity index is 613. The van der Waals surface area contributed by atoms with Crippen LogP contribution in [0.25, 0.3) is 0 Å². The number of nitrogens with one attached hydrogen (secondary N) is 1. The second-order valence-corrected chi connectivity index (χ2v) is 5.30. The second kappa shape index (κ2) is 7.13. The van der Waals surface area contributed by atoms with Crippen LogP contribution in [0.1, 0.15) is 11.6 Å². The molecule has 5 heteroatoms. The van der Waals surface area contributed by atoms with Gasteiger partial charge in [0.2, 0.25) is 0 Å². The van der Waals surface area contributed by atoms with E-state index in [9.17, 15) is 4.79 Å². The lowest BCUT2D eigenvalue weighted by Crippen LogP contribution is -2.22. The monoisotopic (exact) mass is 349 g/mol. The molecule has 2 aromatic carbocycles. The van der Waals surface area contributed by atoms with Gasteiger partial charge in [0.25, 0.3) is 0 Å². The maximum Gasteiger partial charge on any atom is 0.332 e. The second-order valence-electron chi connectivity index (χ2n) is 4.38. The minimum Gasteiger partial charge on any atom is -0.497 e. The molecule has 0 bridgehead atoms.